The Kier molecular flexibility index (Phi) is 4.69. The second-order valence-electron chi connectivity index (χ2n) is 9.29. The predicted molar refractivity (Wildman–Crippen MR) is 138 cm³/mol. The average molecular weight is 496 g/mol. The number of aryl methyl sites for hydroxylation is 1. The van der Waals surface area contributed by atoms with Gasteiger partial charge in [-0.25, -0.2) is 13.2 Å². The van der Waals surface area contributed by atoms with Gasteiger partial charge in [-0.1, -0.05) is 18.2 Å². The molecule has 5 aromatic rings. The topological polar surface area (TPSA) is 111 Å². The van der Waals surface area contributed by atoms with Crippen LogP contribution in [0.5, 0.6) is 0 Å². The summed E-state index contributed by atoms with van der Waals surface area (Å²) in [5.41, 5.74) is 5.37. The van der Waals surface area contributed by atoms with E-state index in [-0.39, 0.29) is 5.69 Å². The summed E-state index contributed by atoms with van der Waals surface area (Å²) >= 11 is 0. The molecule has 0 amide bonds. The normalized spacial score (nSPS) is 14.7. The van der Waals surface area contributed by atoms with Crippen molar-refractivity contribution >= 4 is 31.8 Å². The van der Waals surface area contributed by atoms with Gasteiger partial charge in [-0.2, -0.15) is 5.26 Å². The molecule has 6 rings (SSSR count). The summed E-state index contributed by atoms with van der Waals surface area (Å²) in [5.74, 6) is 0. The molecule has 36 heavy (non-hydrogen) atoms. The van der Waals surface area contributed by atoms with E-state index in [9.17, 15) is 18.5 Å². The molecule has 1 fully saturated rings. The molecule has 0 unspecified atom stereocenters. The first-order valence-corrected chi connectivity index (χ1v) is 13.3. The van der Waals surface area contributed by atoms with Gasteiger partial charge >= 0.3 is 5.69 Å². The number of nitriles is 1. The van der Waals surface area contributed by atoms with Gasteiger partial charge in [-0.15, -0.1) is 0 Å². The van der Waals surface area contributed by atoms with Crippen molar-refractivity contribution in [2.75, 3.05) is 6.26 Å². The van der Waals surface area contributed by atoms with Gasteiger partial charge in [-0.05, 0) is 54.3 Å². The zero-order valence-electron chi connectivity index (χ0n) is 19.6. The van der Waals surface area contributed by atoms with E-state index in [2.05, 4.69) is 16.0 Å². The van der Waals surface area contributed by atoms with Crippen LogP contribution in [0.4, 0.5) is 0 Å². The zero-order valence-corrected chi connectivity index (χ0v) is 20.5. The highest BCUT2D eigenvalue weighted by atomic mass is 32.2. The fourth-order valence-corrected chi connectivity index (χ4v) is 6.38. The Hall–Kier alpha value is -4.29. The molecule has 0 radical (unpaired) electrons. The van der Waals surface area contributed by atoms with Crippen molar-refractivity contribution in [2.24, 2.45) is 7.05 Å². The molecule has 0 N–H and O–H groups in total. The second-order valence-corrected chi connectivity index (χ2v) is 11.6. The van der Waals surface area contributed by atoms with Crippen LogP contribution in [0.15, 0.2) is 71.9 Å². The van der Waals surface area contributed by atoms with Gasteiger partial charge < -0.3 is 0 Å². The largest absolute Gasteiger partial charge is 0.333 e. The van der Waals surface area contributed by atoms with E-state index in [4.69, 9.17) is 0 Å². The fraction of sp³-hybridized carbons (Fsp3) is 0.185. The lowest BCUT2D eigenvalue weighted by atomic mass is 10.0. The van der Waals surface area contributed by atoms with Gasteiger partial charge in [0.25, 0.3) is 0 Å². The number of pyridine rings is 2. The molecule has 1 aliphatic carbocycles. The van der Waals surface area contributed by atoms with E-state index in [0.717, 1.165) is 27.6 Å². The fourth-order valence-electron chi connectivity index (χ4n) is 4.98. The molecule has 8 nitrogen and oxygen atoms in total. The number of sulfone groups is 1. The SMILES string of the molecule is Cn1c(=O)n(-c2ccc(C3(S(C)(=O)=O)CC3)cc2)c2c3cc(-c4cncc(C#N)c4)ccc3ncc21. The molecule has 3 aromatic heterocycles. The van der Waals surface area contributed by atoms with Crippen LogP contribution in [0.25, 0.3) is 38.8 Å². The Bertz CT molecular complexity index is 1910. The number of imidazole rings is 1. The van der Waals surface area contributed by atoms with Gasteiger partial charge in [0.15, 0.2) is 9.84 Å². The summed E-state index contributed by atoms with van der Waals surface area (Å²) in [5, 5.41) is 10.0. The Morgan fingerprint density at radius 3 is 2.42 bits per heavy atom. The minimum atomic E-state index is -3.23. The van der Waals surface area contributed by atoms with Gasteiger partial charge in [0.1, 0.15) is 6.07 Å². The van der Waals surface area contributed by atoms with E-state index < -0.39 is 14.6 Å². The number of fused-ring (bicyclic) bond motifs is 3. The van der Waals surface area contributed by atoms with E-state index in [1.54, 1.807) is 46.8 Å². The standard InChI is InChI=1S/C27H21N5O3S/c1-31-24-16-30-23-8-3-18(19-11-17(13-28)14-29-15-19)12-22(23)25(24)32(26(31)33)21-6-4-20(5-7-21)27(9-10-27)36(2,34)35/h3-8,11-12,14-16H,9-10H2,1-2H3. The smallest absolute Gasteiger partial charge is 0.293 e. The van der Waals surface area contributed by atoms with Crippen molar-refractivity contribution in [1.29, 1.82) is 5.26 Å². The van der Waals surface area contributed by atoms with Crippen molar-refractivity contribution < 1.29 is 8.42 Å². The van der Waals surface area contributed by atoms with Crippen molar-refractivity contribution in [3.05, 3.63) is 88.7 Å². The highest BCUT2D eigenvalue weighted by Crippen LogP contribution is 2.52. The summed E-state index contributed by atoms with van der Waals surface area (Å²) in [4.78, 5) is 22.1. The molecule has 9 heteroatoms. The van der Waals surface area contributed by atoms with Crippen LogP contribution in [-0.2, 0) is 21.6 Å². The Balaban J connectivity index is 1.57. The van der Waals surface area contributed by atoms with E-state index in [1.807, 2.05) is 30.3 Å². The summed E-state index contributed by atoms with van der Waals surface area (Å²) in [6.45, 7) is 0. The molecule has 0 atom stereocenters. The van der Waals surface area contributed by atoms with Gasteiger partial charge in [0, 0.05) is 36.6 Å². The molecule has 0 aliphatic heterocycles. The number of benzene rings is 2. The van der Waals surface area contributed by atoms with Crippen LogP contribution < -0.4 is 5.69 Å². The predicted octanol–water partition coefficient (Wildman–Crippen LogP) is 3.84. The highest BCUT2D eigenvalue weighted by Gasteiger charge is 2.53. The lowest BCUT2D eigenvalue weighted by Crippen LogP contribution is -2.21. The van der Waals surface area contributed by atoms with Crippen molar-refractivity contribution in [2.45, 2.75) is 17.6 Å². The summed E-state index contributed by atoms with van der Waals surface area (Å²) < 4.78 is 27.1. The number of hydrogen-bond donors (Lipinski definition) is 0. The van der Waals surface area contributed by atoms with Crippen LogP contribution in [0, 0.1) is 11.3 Å². The Morgan fingerprint density at radius 2 is 1.75 bits per heavy atom. The first-order valence-electron chi connectivity index (χ1n) is 11.4. The van der Waals surface area contributed by atoms with Crippen LogP contribution >= 0.6 is 0 Å². The van der Waals surface area contributed by atoms with Crippen molar-refractivity contribution in [3.63, 3.8) is 0 Å². The van der Waals surface area contributed by atoms with E-state index in [0.29, 0.717) is 35.1 Å². The second kappa shape index (κ2) is 7.60. The maximum absolute atomic E-state index is 13.4. The van der Waals surface area contributed by atoms with Gasteiger partial charge in [-0.3, -0.25) is 19.1 Å². The molecule has 1 saturated carbocycles. The van der Waals surface area contributed by atoms with E-state index in [1.165, 1.54) is 12.5 Å². The third-order valence-corrected chi connectivity index (χ3v) is 9.21. The van der Waals surface area contributed by atoms with Crippen LogP contribution in [0.1, 0.15) is 24.0 Å². The Labute approximate surface area is 207 Å². The van der Waals surface area contributed by atoms with Gasteiger partial charge in [0.2, 0.25) is 0 Å². The first-order chi connectivity index (χ1) is 17.2. The quantitative estimate of drug-likeness (QED) is 0.375. The maximum Gasteiger partial charge on any atom is 0.333 e. The number of nitrogens with zero attached hydrogens (tertiary/aromatic N) is 5. The molecule has 2 aromatic carbocycles. The van der Waals surface area contributed by atoms with Crippen LogP contribution in [0.2, 0.25) is 0 Å². The number of hydrogen-bond acceptors (Lipinski definition) is 6. The molecule has 0 spiro atoms. The highest BCUT2D eigenvalue weighted by molar-refractivity contribution is 7.92. The third kappa shape index (κ3) is 3.18. The Morgan fingerprint density at radius 1 is 1.00 bits per heavy atom. The molecule has 0 bridgehead atoms. The van der Waals surface area contributed by atoms with Crippen molar-refractivity contribution in [1.82, 2.24) is 19.1 Å². The molecular weight excluding hydrogens is 474 g/mol. The third-order valence-electron chi connectivity index (χ3n) is 7.15. The molecule has 178 valence electrons. The lowest BCUT2D eigenvalue weighted by Gasteiger charge is -2.14. The minimum absolute atomic E-state index is 0.227. The molecular formula is C27H21N5O3S. The maximum atomic E-state index is 13.4. The summed E-state index contributed by atoms with van der Waals surface area (Å²) in [7, 11) is -1.53. The monoisotopic (exact) mass is 495 g/mol. The van der Waals surface area contributed by atoms with Gasteiger partial charge in [0.05, 0.1) is 38.7 Å². The zero-order chi connectivity index (χ0) is 25.2. The molecule has 3 heterocycles. The summed E-state index contributed by atoms with van der Waals surface area (Å²) in [6.07, 6.45) is 7.40. The first kappa shape index (κ1) is 22.2. The lowest BCUT2D eigenvalue weighted by molar-refractivity contribution is 0.586. The van der Waals surface area contributed by atoms with Crippen molar-refractivity contribution in [3.8, 4) is 22.9 Å². The minimum Gasteiger partial charge on any atom is -0.293 e. The van der Waals surface area contributed by atoms with Crippen LogP contribution in [0.3, 0.4) is 0 Å². The summed E-state index contributed by atoms with van der Waals surface area (Å²) in [6, 6.07) is 16.9. The number of rotatable bonds is 4. The number of aromatic nitrogens is 4. The average Bonchev–Trinajstić information content (AvgIpc) is 3.67. The molecule has 1 aliphatic rings. The molecule has 0 saturated heterocycles. The van der Waals surface area contributed by atoms with Crippen LogP contribution in [-0.4, -0.2) is 33.8 Å². The van der Waals surface area contributed by atoms with E-state index >= 15 is 0 Å².